The maximum atomic E-state index is 12.9. The molecular formula is C19H26FN5O. The normalized spacial score (nSPS) is 15.2. The van der Waals surface area contributed by atoms with Gasteiger partial charge in [0, 0.05) is 64.6 Å². The summed E-state index contributed by atoms with van der Waals surface area (Å²) in [5, 5.41) is 2.91. The number of imidazole rings is 1. The minimum absolute atomic E-state index is 0.0585. The second-order valence-electron chi connectivity index (χ2n) is 6.50. The van der Waals surface area contributed by atoms with Crippen molar-refractivity contribution in [2.24, 2.45) is 0 Å². The lowest BCUT2D eigenvalue weighted by Gasteiger charge is -2.34. The van der Waals surface area contributed by atoms with Gasteiger partial charge in [0.2, 0.25) is 0 Å². The Morgan fingerprint density at radius 2 is 1.88 bits per heavy atom. The van der Waals surface area contributed by atoms with E-state index >= 15 is 0 Å². The molecule has 1 saturated heterocycles. The maximum absolute atomic E-state index is 12.9. The molecule has 2 heterocycles. The van der Waals surface area contributed by atoms with Gasteiger partial charge in [-0.1, -0.05) is 19.1 Å². The molecular weight excluding hydrogens is 333 g/mol. The third-order valence-electron chi connectivity index (χ3n) is 4.79. The molecule has 1 aromatic heterocycles. The predicted molar refractivity (Wildman–Crippen MR) is 98.3 cm³/mol. The largest absolute Gasteiger partial charge is 0.334 e. The number of halogens is 1. The molecule has 26 heavy (non-hydrogen) atoms. The van der Waals surface area contributed by atoms with Crippen molar-refractivity contribution in [1.82, 2.24) is 24.7 Å². The molecule has 0 radical (unpaired) electrons. The molecule has 0 spiro atoms. The van der Waals surface area contributed by atoms with Gasteiger partial charge in [0.05, 0.1) is 0 Å². The first kappa shape index (κ1) is 18.4. The van der Waals surface area contributed by atoms with E-state index < -0.39 is 0 Å². The van der Waals surface area contributed by atoms with Gasteiger partial charge in [-0.05, 0) is 17.7 Å². The molecule has 0 saturated carbocycles. The summed E-state index contributed by atoms with van der Waals surface area (Å²) in [6.45, 7) is 7.62. The van der Waals surface area contributed by atoms with Crippen LogP contribution in [0.15, 0.2) is 36.7 Å². The Morgan fingerprint density at radius 3 is 2.58 bits per heavy atom. The van der Waals surface area contributed by atoms with Crippen LogP contribution in [0.3, 0.4) is 0 Å². The number of benzene rings is 1. The molecule has 2 aromatic rings. The predicted octanol–water partition coefficient (Wildman–Crippen LogP) is 2.11. The fourth-order valence-electron chi connectivity index (χ4n) is 3.17. The smallest absolute Gasteiger partial charge is 0.317 e. The number of hydrogen-bond acceptors (Lipinski definition) is 3. The SMILES string of the molecule is CCc1nccn1CCN1CCN(C(=O)NCc2ccc(F)cc2)CC1. The molecule has 6 nitrogen and oxygen atoms in total. The number of carbonyl (C=O) groups excluding carboxylic acids is 1. The van der Waals surface area contributed by atoms with Crippen LogP contribution in [0.2, 0.25) is 0 Å². The van der Waals surface area contributed by atoms with Crippen molar-refractivity contribution in [3.8, 4) is 0 Å². The topological polar surface area (TPSA) is 53.4 Å². The van der Waals surface area contributed by atoms with E-state index in [-0.39, 0.29) is 11.8 Å². The Labute approximate surface area is 153 Å². The van der Waals surface area contributed by atoms with Crippen molar-refractivity contribution in [3.05, 3.63) is 53.9 Å². The summed E-state index contributed by atoms with van der Waals surface area (Å²) in [4.78, 5) is 20.8. The van der Waals surface area contributed by atoms with Crippen molar-refractivity contribution in [3.63, 3.8) is 0 Å². The first-order valence-electron chi connectivity index (χ1n) is 9.15. The second kappa shape index (κ2) is 8.80. The lowest BCUT2D eigenvalue weighted by Crippen LogP contribution is -2.52. The van der Waals surface area contributed by atoms with Gasteiger partial charge in [0.1, 0.15) is 11.6 Å². The Kier molecular flexibility index (Phi) is 6.22. The van der Waals surface area contributed by atoms with E-state index in [9.17, 15) is 9.18 Å². The molecule has 0 aliphatic carbocycles. The van der Waals surface area contributed by atoms with Crippen LogP contribution in [0, 0.1) is 5.82 Å². The Bertz CT molecular complexity index is 707. The zero-order valence-electron chi connectivity index (χ0n) is 15.2. The van der Waals surface area contributed by atoms with E-state index in [4.69, 9.17) is 0 Å². The molecule has 1 aliphatic rings. The van der Waals surface area contributed by atoms with Crippen molar-refractivity contribution >= 4 is 6.03 Å². The summed E-state index contributed by atoms with van der Waals surface area (Å²) in [7, 11) is 0. The average molecular weight is 359 g/mol. The summed E-state index contributed by atoms with van der Waals surface area (Å²) >= 11 is 0. The summed E-state index contributed by atoms with van der Waals surface area (Å²) in [6.07, 6.45) is 4.81. The standard InChI is InChI=1S/C19H26FN5O/c1-2-18-21-7-8-24(18)12-9-23-10-13-25(14-11-23)19(26)22-15-16-3-5-17(20)6-4-16/h3-8H,2,9-15H2,1H3,(H,22,26). The lowest BCUT2D eigenvalue weighted by molar-refractivity contribution is 0.136. The van der Waals surface area contributed by atoms with Gasteiger partial charge in [0.15, 0.2) is 0 Å². The number of carbonyl (C=O) groups is 1. The fourth-order valence-corrected chi connectivity index (χ4v) is 3.17. The Balaban J connectivity index is 1.38. The summed E-state index contributed by atoms with van der Waals surface area (Å²) in [5.74, 6) is 0.849. The third kappa shape index (κ3) is 4.82. The number of hydrogen-bond donors (Lipinski definition) is 1. The quantitative estimate of drug-likeness (QED) is 0.860. The van der Waals surface area contributed by atoms with E-state index in [1.807, 2.05) is 17.3 Å². The lowest BCUT2D eigenvalue weighted by atomic mass is 10.2. The maximum Gasteiger partial charge on any atom is 0.317 e. The van der Waals surface area contributed by atoms with Crippen LogP contribution < -0.4 is 5.32 Å². The van der Waals surface area contributed by atoms with E-state index in [0.29, 0.717) is 6.54 Å². The van der Waals surface area contributed by atoms with E-state index in [1.165, 1.54) is 12.1 Å². The van der Waals surface area contributed by atoms with Gasteiger partial charge in [-0.3, -0.25) is 4.90 Å². The van der Waals surface area contributed by atoms with Crippen LogP contribution in [0.1, 0.15) is 18.3 Å². The summed E-state index contributed by atoms with van der Waals surface area (Å²) in [6, 6.07) is 6.13. The van der Waals surface area contributed by atoms with Crippen LogP contribution in [0.4, 0.5) is 9.18 Å². The monoisotopic (exact) mass is 359 g/mol. The molecule has 1 aliphatic heterocycles. The summed E-state index contributed by atoms with van der Waals surface area (Å²) < 4.78 is 15.1. The highest BCUT2D eigenvalue weighted by Gasteiger charge is 2.20. The Hall–Kier alpha value is -2.41. The van der Waals surface area contributed by atoms with Gasteiger partial charge >= 0.3 is 6.03 Å². The molecule has 3 rings (SSSR count). The number of piperazine rings is 1. The van der Waals surface area contributed by atoms with Crippen LogP contribution in [0.25, 0.3) is 0 Å². The highest BCUT2D eigenvalue weighted by molar-refractivity contribution is 5.74. The van der Waals surface area contributed by atoms with E-state index in [1.54, 1.807) is 12.1 Å². The van der Waals surface area contributed by atoms with Crippen molar-refractivity contribution in [2.75, 3.05) is 32.7 Å². The number of aromatic nitrogens is 2. The molecule has 0 atom stereocenters. The number of rotatable bonds is 6. The molecule has 140 valence electrons. The molecule has 0 bridgehead atoms. The minimum atomic E-state index is -0.266. The first-order chi connectivity index (χ1) is 12.7. The first-order valence-corrected chi connectivity index (χ1v) is 9.15. The molecule has 1 N–H and O–H groups in total. The van der Waals surface area contributed by atoms with E-state index in [2.05, 4.69) is 26.7 Å². The highest BCUT2D eigenvalue weighted by atomic mass is 19.1. The van der Waals surface area contributed by atoms with Crippen LogP contribution in [-0.4, -0.2) is 58.1 Å². The zero-order valence-corrected chi connectivity index (χ0v) is 15.2. The number of urea groups is 1. The zero-order chi connectivity index (χ0) is 18.4. The number of aryl methyl sites for hydroxylation is 1. The molecule has 1 fully saturated rings. The van der Waals surface area contributed by atoms with E-state index in [0.717, 1.165) is 57.1 Å². The van der Waals surface area contributed by atoms with Crippen LogP contribution >= 0.6 is 0 Å². The van der Waals surface area contributed by atoms with Crippen LogP contribution in [0.5, 0.6) is 0 Å². The minimum Gasteiger partial charge on any atom is -0.334 e. The highest BCUT2D eigenvalue weighted by Crippen LogP contribution is 2.06. The fraction of sp³-hybridized carbons (Fsp3) is 0.474. The molecule has 0 unspecified atom stereocenters. The second-order valence-corrected chi connectivity index (χ2v) is 6.50. The van der Waals surface area contributed by atoms with Gasteiger partial charge in [0.25, 0.3) is 0 Å². The number of nitrogens with one attached hydrogen (secondary N) is 1. The number of nitrogens with zero attached hydrogens (tertiary/aromatic N) is 4. The van der Waals surface area contributed by atoms with Gasteiger partial charge in [-0.15, -0.1) is 0 Å². The molecule has 2 amide bonds. The van der Waals surface area contributed by atoms with Gasteiger partial charge in [-0.2, -0.15) is 0 Å². The summed E-state index contributed by atoms with van der Waals surface area (Å²) in [5.41, 5.74) is 0.894. The average Bonchev–Trinajstić information content (AvgIpc) is 3.13. The third-order valence-corrected chi connectivity index (χ3v) is 4.79. The van der Waals surface area contributed by atoms with Gasteiger partial charge in [-0.25, -0.2) is 14.2 Å². The van der Waals surface area contributed by atoms with Crippen LogP contribution in [-0.2, 0) is 19.5 Å². The molecule has 7 heteroatoms. The van der Waals surface area contributed by atoms with Crippen molar-refractivity contribution in [1.29, 1.82) is 0 Å². The van der Waals surface area contributed by atoms with Crippen molar-refractivity contribution in [2.45, 2.75) is 26.4 Å². The van der Waals surface area contributed by atoms with Crippen molar-refractivity contribution < 1.29 is 9.18 Å². The van der Waals surface area contributed by atoms with Gasteiger partial charge < -0.3 is 14.8 Å². The Morgan fingerprint density at radius 1 is 1.15 bits per heavy atom. The molecule has 1 aromatic carbocycles. The number of amides is 2.